The summed E-state index contributed by atoms with van der Waals surface area (Å²) in [5.74, 6) is 0. The van der Waals surface area contributed by atoms with Crippen molar-refractivity contribution >= 4 is 11.3 Å². The van der Waals surface area contributed by atoms with Crippen LogP contribution in [-0.2, 0) is 22.6 Å². The molecule has 4 heterocycles. The molecule has 23 heavy (non-hydrogen) atoms. The van der Waals surface area contributed by atoms with E-state index >= 15 is 0 Å². The van der Waals surface area contributed by atoms with Crippen molar-refractivity contribution in [1.29, 1.82) is 0 Å². The van der Waals surface area contributed by atoms with Crippen LogP contribution >= 0.6 is 11.3 Å². The summed E-state index contributed by atoms with van der Waals surface area (Å²) >= 11 is 1.72. The van der Waals surface area contributed by atoms with Gasteiger partial charge in [-0.25, -0.2) is 4.98 Å². The van der Waals surface area contributed by atoms with Gasteiger partial charge >= 0.3 is 0 Å². The molecule has 2 aromatic heterocycles. The van der Waals surface area contributed by atoms with Crippen molar-refractivity contribution in [2.24, 2.45) is 0 Å². The van der Waals surface area contributed by atoms with E-state index in [4.69, 9.17) is 9.47 Å². The Bertz CT molecular complexity index is 608. The number of thiazole rings is 1. The van der Waals surface area contributed by atoms with E-state index in [1.54, 1.807) is 11.3 Å². The van der Waals surface area contributed by atoms with Gasteiger partial charge in [-0.05, 0) is 30.5 Å². The standard InChI is InChI=1S/C17H21N3O2S/c1-2-14-17(21-8-1)15(22-12-13-3-5-18-6-4-13)10-20(14)11-16-19-7-9-23-16/h3-7,9,14-15,17H,1-2,8,10-12H2/t14-,15-,17+/m1/s1. The van der Waals surface area contributed by atoms with Crippen molar-refractivity contribution in [1.82, 2.24) is 14.9 Å². The third-order valence-corrected chi connectivity index (χ3v) is 5.38. The van der Waals surface area contributed by atoms with Gasteiger partial charge in [0.1, 0.15) is 11.1 Å². The number of hydrogen-bond acceptors (Lipinski definition) is 6. The Morgan fingerprint density at radius 3 is 3.04 bits per heavy atom. The molecule has 2 saturated heterocycles. The summed E-state index contributed by atoms with van der Waals surface area (Å²) in [6.45, 7) is 3.28. The number of aromatic nitrogens is 2. The number of fused-ring (bicyclic) bond motifs is 1. The lowest BCUT2D eigenvalue weighted by Crippen LogP contribution is -2.41. The minimum absolute atomic E-state index is 0.133. The number of nitrogens with zero attached hydrogens (tertiary/aromatic N) is 3. The maximum Gasteiger partial charge on any atom is 0.107 e. The van der Waals surface area contributed by atoms with Crippen molar-refractivity contribution < 1.29 is 9.47 Å². The molecule has 0 aliphatic carbocycles. The van der Waals surface area contributed by atoms with Gasteiger partial charge in [-0.1, -0.05) is 0 Å². The quantitative estimate of drug-likeness (QED) is 0.842. The molecule has 6 heteroatoms. The summed E-state index contributed by atoms with van der Waals surface area (Å²) < 4.78 is 12.3. The molecule has 0 bridgehead atoms. The van der Waals surface area contributed by atoms with Crippen LogP contribution in [-0.4, -0.2) is 46.3 Å². The first-order valence-corrected chi connectivity index (χ1v) is 9.02. The summed E-state index contributed by atoms with van der Waals surface area (Å²) in [7, 11) is 0. The Balaban J connectivity index is 1.42. The summed E-state index contributed by atoms with van der Waals surface area (Å²) in [5, 5.41) is 3.21. The maximum absolute atomic E-state index is 6.20. The SMILES string of the molecule is c1cc(CO[C@@H]2CN(Cc3nccs3)[C@@H]3CCCO[C@@H]32)ccn1. The van der Waals surface area contributed by atoms with Crippen molar-refractivity contribution in [2.45, 2.75) is 44.2 Å². The molecule has 0 amide bonds. The van der Waals surface area contributed by atoms with Crippen molar-refractivity contribution in [3.8, 4) is 0 Å². The Hall–Kier alpha value is -1.34. The second-order valence-electron chi connectivity index (χ2n) is 6.11. The Labute approximate surface area is 140 Å². The molecule has 0 spiro atoms. The van der Waals surface area contributed by atoms with Crippen LogP contribution in [0.25, 0.3) is 0 Å². The van der Waals surface area contributed by atoms with Crippen LogP contribution in [0.15, 0.2) is 36.1 Å². The first-order valence-electron chi connectivity index (χ1n) is 8.15. The van der Waals surface area contributed by atoms with Crippen LogP contribution in [0.2, 0.25) is 0 Å². The largest absolute Gasteiger partial charge is 0.374 e. The summed E-state index contributed by atoms with van der Waals surface area (Å²) in [6.07, 6.45) is 8.13. The highest BCUT2D eigenvalue weighted by Gasteiger charge is 2.44. The van der Waals surface area contributed by atoms with Gasteiger partial charge in [0.25, 0.3) is 0 Å². The summed E-state index contributed by atoms with van der Waals surface area (Å²) in [4.78, 5) is 11.0. The molecule has 0 radical (unpaired) electrons. The highest BCUT2D eigenvalue weighted by molar-refractivity contribution is 7.09. The van der Waals surface area contributed by atoms with E-state index in [9.17, 15) is 0 Å². The molecule has 2 aromatic rings. The van der Waals surface area contributed by atoms with E-state index in [1.165, 1.54) is 11.4 Å². The van der Waals surface area contributed by atoms with Gasteiger partial charge in [0, 0.05) is 43.2 Å². The zero-order valence-corrected chi connectivity index (χ0v) is 13.8. The van der Waals surface area contributed by atoms with Crippen molar-refractivity contribution in [3.63, 3.8) is 0 Å². The Morgan fingerprint density at radius 1 is 1.30 bits per heavy atom. The highest BCUT2D eigenvalue weighted by atomic mass is 32.1. The molecule has 0 N–H and O–H groups in total. The van der Waals surface area contributed by atoms with Crippen LogP contribution in [0.4, 0.5) is 0 Å². The zero-order chi connectivity index (χ0) is 15.5. The van der Waals surface area contributed by atoms with Crippen molar-refractivity contribution in [2.75, 3.05) is 13.2 Å². The van der Waals surface area contributed by atoms with E-state index in [0.717, 1.165) is 31.7 Å². The zero-order valence-electron chi connectivity index (χ0n) is 13.0. The molecular formula is C17H21N3O2S. The smallest absolute Gasteiger partial charge is 0.107 e. The summed E-state index contributed by atoms with van der Waals surface area (Å²) in [6, 6.07) is 4.46. The first kappa shape index (κ1) is 15.2. The maximum atomic E-state index is 6.20. The molecule has 0 aromatic carbocycles. The first-order chi connectivity index (χ1) is 11.4. The lowest BCUT2D eigenvalue weighted by atomic mass is 10.0. The van der Waals surface area contributed by atoms with Crippen molar-refractivity contribution in [3.05, 3.63) is 46.7 Å². The molecule has 2 aliphatic heterocycles. The monoisotopic (exact) mass is 331 g/mol. The van der Waals surface area contributed by atoms with Crippen LogP contribution in [0.5, 0.6) is 0 Å². The van der Waals surface area contributed by atoms with Crippen LogP contribution in [0, 0.1) is 0 Å². The van der Waals surface area contributed by atoms with Gasteiger partial charge < -0.3 is 9.47 Å². The topological polar surface area (TPSA) is 47.5 Å². The summed E-state index contributed by atoms with van der Waals surface area (Å²) in [5.41, 5.74) is 1.16. The normalized spacial score (nSPS) is 27.9. The number of likely N-dealkylation sites (tertiary alicyclic amines) is 1. The molecule has 2 aliphatic rings. The van der Waals surface area contributed by atoms with Gasteiger partial charge in [0.15, 0.2) is 0 Å². The minimum Gasteiger partial charge on any atom is -0.374 e. The fourth-order valence-corrected chi connectivity index (χ4v) is 4.16. The minimum atomic E-state index is 0.133. The van der Waals surface area contributed by atoms with E-state index in [1.807, 2.05) is 36.1 Å². The van der Waals surface area contributed by atoms with Gasteiger partial charge in [0.2, 0.25) is 0 Å². The number of rotatable bonds is 5. The highest BCUT2D eigenvalue weighted by Crippen LogP contribution is 2.32. The van der Waals surface area contributed by atoms with Gasteiger partial charge in [-0.2, -0.15) is 0 Å². The van der Waals surface area contributed by atoms with Crippen LogP contribution in [0.1, 0.15) is 23.4 Å². The fourth-order valence-electron chi connectivity index (χ4n) is 3.52. The van der Waals surface area contributed by atoms with E-state index in [0.29, 0.717) is 12.6 Å². The average molecular weight is 331 g/mol. The average Bonchev–Trinajstić information content (AvgIpc) is 3.23. The third kappa shape index (κ3) is 3.45. The second-order valence-corrected chi connectivity index (χ2v) is 7.08. The lowest BCUT2D eigenvalue weighted by Gasteiger charge is -2.32. The molecule has 122 valence electrons. The van der Waals surface area contributed by atoms with Crippen LogP contribution < -0.4 is 0 Å². The van der Waals surface area contributed by atoms with Gasteiger partial charge in [-0.3, -0.25) is 9.88 Å². The molecule has 5 nitrogen and oxygen atoms in total. The molecule has 0 unspecified atom stereocenters. The van der Waals surface area contributed by atoms with Gasteiger partial charge in [-0.15, -0.1) is 11.3 Å². The third-order valence-electron chi connectivity index (χ3n) is 4.62. The van der Waals surface area contributed by atoms with E-state index in [2.05, 4.69) is 14.9 Å². The van der Waals surface area contributed by atoms with Gasteiger partial charge in [0.05, 0.1) is 19.3 Å². The molecule has 0 saturated carbocycles. The predicted molar refractivity (Wildman–Crippen MR) is 88.1 cm³/mol. The molecule has 2 fully saturated rings. The Kier molecular flexibility index (Phi) is 4.66. The Morgan fingerprint density at radius 2 is 2.22 bits per heavy atom. The van der Waals surface area contributed by atoms with Crippen LogP contribution in [0.3, 0.4) is 0 Å². The number of hydrogen-bond donors (Lipinski definition) is 0. The molecule has 4 rings (SSSR count). The predicted octanol–water partition coefficient (Wildman–Crippen LogP) is 2.49. The van der Waals surface area contributed by atoms with E-state index < -0.39 is 0 Å². The number of ether oxygens (including phenoxy) is 2. The fraction of sp³-hybridized carbons (Fsp3) is 0.529. The lowest BCUT2D eigenvalue weighted by molar-refractivity contribution is -0.0819. The molecular weight excluding hydrogens is 310 g/mol. The second kappa shape index (κ2) is 7.05. The van der Waals surface area contributed by atoms with E-state index in [-0.39, 0.29) is 12.2 Å². The number of pyridine rings is 1. The molecule has 3 atom stereocenters.